The van der Waals surface area contributed by atoms with Crippen LogP contribution in [0.15, 0.2) is 41.7 Å². The predicted molar refractivity (Wildman–Crippen MR) is 110 cm³/mol. The lowest BCUT2D eigenvalue weighted by atomic mass is 10.2. The molecule has 4 aromatic heterocycles. The number of carbonyl (C=O) groups is 1. The van der Waals surface area contributed by atoms with Gasteiger partial charge in [-0.1, -0.05) is 0 Å². The van der Waals surface area contributed by atoms with Crippen molar-refractivity contribution in [2.24, 2.45) is 5.73 Å². The number of imidazole rings is 1. The normalized spacial score (nSPS) is 14.8. The SMILES string of the molecule is NC(=O)c1cc(-c2cnc(Nc3nccn3CCN3CCOCC3)c3ncnn23)co1. The molecule has 0 spiro atoms. The number of ether oxygens (including phenoxy) is 1. The second-order valence-corrected chi connectivity index (χ2v) is 7.07. The smallest absolute Gasteiger partial charge is 0.284 e. The molecule has 0 unspecified atom stereocenters. The number of primary amides is 1. The molecule has 160 valence electrons. The maximum atomic E-state index is 11.3. The molecule has 0 bridgehead atoms. The first kappa shape index (κ1) is 19.2. The highest BCUT2D eigenvalue weighted by molar-refractivity contribution is 5.91. The third-order valence-electron chi connectivity index (χ3n) is 5.15. The first-order chi connectivity index (χ1) is 15.2. The van der Waals surface area contributed by atoms with E-state index in [2.05, 4.69) is 30.3 Å². The van der Waals surface area contributed by atoms with Crippen LogP contribution in [0.3, 0.4) is 0 Å². The molecule has 5 heterocycles. The van der Waals surface area contributed by atoms with Gasteiger partial charge in [0.15, 0.2) is 17.2 Å². The average Bonchev–Trinajstić information content (AvgIpc) is 3.54. The van der Waals surface area contributed by atoms with Crippen LogP contribution >= 0.6 is 0 Å². The molecular weight excluding hydrogens is 402 g/mol. The molecule has 1 aliphatic heterocycles. The molecule has 4 aromatic rings. The molecule has 5 rings (SSSR count). The molecule has 0 aromatic carbocycles. The predicted octanol–water partition coefficient (Wildman–Crippen LogP) is 0.755. The number of morpholine rings is 1. The van der Waals surface area contributed by atoms with E-state index in [-0.39, 0.29) is 5.76 Å². The van der Waals surface area contributed by atoms with Crippen molar-refractivity contribution >= 4 is 23.3 Å². The number of hydrogen-bond acceptors (Lipinski definition) is 9. The molecule has 1 amide bonds. The van der Waals surface area contributed by atoms with Crippen LogP contribution in [-0.4, -0.2) is 72.8 Å². The summed E-state index contributed by atoms with van der Waals surface area (Å²) >= 11 is 0. The Morgan fingerprint density at radius 1 is 1.19 bits per heavy atom. The zero-order chi connectivity index (χ0) is 21.2. The molecule has 12 nitrogen and oxygen atoms in total. The third-order valence-corrected chi connectivity index (χ3v) is 5.15. The maximum absolute atomic E-state index is 11.3. The van der Waals surface area contributed by atoms with Gasteiger partial charge in [0.2, 0.25) is 5.95 Å². The summed E-state index contributed by atoms with van der Waals surface area (Å²) < 4.78 is 14.3. The van der Waals surface area contributed by atoms with Crippen LogP contribution < -0.4 is 11.1 Å². The van der Waals surface area contributed by atoms with Gasteiger partial charge in [-0.2, -0.15) is 5.10 Å². The van der Waals surface area contributed by atoms with Gasteiger partial charge in [0, 0.05) is 44.1 Å². The molecule has 1 aliphatic rings. The summed E-state index contributed by atoms with van der Waals surface area (Å²) in [6.45, 7) is 5.11. The van der Waals surface area contributed by atoms with Gasteiger partial charge in [0.1, 0.15) is 12.6 Å². The Morgan fingerprint density at radius 2 is 2.06 bits per heavy atom. The number of rotatable bonds is 7. The van der Waals surface area contributed by atoms with Gasteiger partial charge in [-0.15, -0.1) is 0 Å². The van der Waals surface area contributed by atoms with Crippen molar-refractivity contribution in [3.05, 3.63) is 43.0 Å². The van der Waals surface area contributed by atoms with E-state index in [1.807, 2.05) is 10.8 Å². The van der Waals surface area contributed by atoms with Crippen molar-refractivity contribution in [1.29, 1.82) is 0 Å². The molecule has 0 aliphatic carbocycles. The minimum absolute atomic E-state index is 0.0627. The third kappa shape index (κ3) is 3.85. The fourth-order valence-corrected chi connectivity index (χ4v) is 3.50. The molecule has 1 saturated heterocycles. The number of anilines is 2. The van der Waals surface area contributed by atoms with Crippen LogP contribution in [0.25, 0.3) is 16.9 Å². The zero-order valence-corrected chi connectivity index (χ0v) is 16.6. The number of nitrogens with two attached hydrogens (primary N) is 1. The Kier molecular flexibility index (Phi) is 5.06. The quantitative estimate of drug-likeness (QED) is 0.440. The van der Waals surface area contributed by atoms with Crippen molar-refractivity contribution in [3.8, 4) is 11.3 Å². The average molecular weight is 423 g/mol. The summed E-state index contributed by atoms with van der Waals surface area (Å²) in [5.41, 5.74) is 7.02. The number of fused-ring (bicyclic) bond motifs is 1. The number of furan rings is 1. The first-order valence-corrected chi connectivity index (χ1v) is 9.85. The van der Waals surface area contributed by atoms with E-state index in [0.29, 0.717) is 28.7 Å². The molecule has 31 heavy (non-hydrogen) atoms. The van der Waals surface area contributed by atoms with Gasteiger partial charge < -0.3 is 24.8 Å². The highest BCUT2D eigenvalue weighted by atomic mass is 16.5. The van der Waals surface area contributed by atoms with Crippen LogP contribution in [-0.2, 0) is 11.3 Å². The van der Waals surface area contributed by atoms with E-state index < -0.39 is 5.91 Å². The Bertz CT molecular complexity index is 1210. The summed E-state index contributed by atoms with van der Waals surface area (Å²) in [6.07, 6.45) is 8.17. The van der Waals surface area contributed by atoms with Crippen LogP contribution in [0.5, 0.6) is 0 Å². The fraction of sp³-hybridized carbons (Fsp3) is 0.316. The maximum Gasteiger partial charge on any atom is 0.284 e. The van der Waals surface area contributed by atoms with E-state index in [9.17, 15) is 4.79 Å². The number of carbonyl (C=O) groups excluding carboxylic acids is 1. The van der Waals surface area contributed by atoms with Crippen LogP contribution in [0.2, 0.25) is 0 Å². The van der Waals surface area contributed by atoms with E-state index in [1.54, 1.807) is 23.0 Å². The Morgan fingerprint density at radius 3 is 2.87 bits per heavy atom. The molecule has 12 heteroatoms. The van der Waals surface area contributed by atoms with E-state index in [1.165, 1.54) is 12.6 Å². The minimum Gasteiger partial charge on any atom is -0.458 e. The molecule has 0 saturated carbocycles. The van der Waals surface area contributed by atoms with Gasteiger partial charge in [0.25, 0.3) is 5.91 Å². The molecule has 1 fully saturated rings. The highest BCUT2D eigenvalue weighted by Crippen LogP contribution is 2.25. The summed E-state index contributed by atoms with van der Waals surface area (Å²) in [5, 5.41) is 7.53. The van der Waals surface area contributed by atoms with Crippen LogP contribution in [0.1, 0.15) is 10.6 Å². The van der Waals surface area contributed by atoms with E-state index in [4.69, 9.17) is 14.9 Å². The second kappa shape index (κ2) is 8.16. The van der Waals surface area contributed by atoms with Crippen molar-refractivity contribution < 1.29 is 13.9 Å². The van der Waals surface area contributed by atoms with Gasteiger partial charge >= 0.3 is 0 Å². The lowest BCUT2D eigenvalue weighted by Crippen LogP contribution is -2.38. The first-order valence-electron chi connectivity index (χ1n) is 9.85. The summed E-state index contributed by atoms with van der Waals surface area (Å²) in [6, 6.07) is 1.55. The number of nitrogens with one attached hydrogen (secondary N) is 1. The van der Waals surface area contributed by atoms with E-state index >= 15 is 0 Å². The Labute approximate surface area is 176 Å². The summed E-state index contributed by atoms with van der Waals surface area (Å²) in [5.74, 6) is 0.598. The number of amides is 1. The summed E-state index contributed by atoms with van der Waals surface area (Å²) in [4.78, 5) is 26.9. The second-order valence-electron chi connectivity index (χ2n) is 7.07. The van der Waals surface area contributed by atoms with Crippen molar-refractivity contribution in [2.75, 3.05) is 38.2 Å². The van der Waals surface area contributed by atoms with E-state index in [0.717, 1.165) is 39.4 Å². The largest absolute Gasteiger partial charge is 0.458 e. The number of nitrogens with zero attached hydrogens (tertiary/aromatic N) is 7. The lowest BCUT2D eigenvalue weighted by molar-refractivity contribution is 0.0364. The minimum atomic E-state index is -0.642. The molecule has 0 radical (unpaired) electrons. The standard InChI is InChI=1S/C19H21N9O3/c20-16(29)15-9-13(11-31-15)14-10-22-17(18-23-12-24-28(14)18)25-19-21-1-2-27(19)4-3-26-5-7-30-8-6-26/h1-2,9-12H,3-8H2,(H2,20,29)(H,21,22,25). The molecule has 0 atom stereocenters. The van der Waals surface area contributed by atoms with Crippen molar-refractivity contribution in [1.82, 2.24) is 34.0 Å². The van der Waals surface area contributed by atoms with Crippen molar-refractivity contribution in [2.45, 2.75) is 6.54 Å². The van der Waals surface area contributed by atoms with Gasteiger partial charge in [-0.25, -0.2) is 19.5 Å². The van der Waals surface area contributed by atoms with Gasteiger partial charge in [-0.05, 0) is 6.07 Å². The number of hydrogen-bond donors (Lipinski definition) is 2. The highest BCUT2D eigenvalue weighted by Gasteiger charge is 2.17. The van der Waals surface area contributed by atoms with Crippen molar-refractivity contribution in [3.63, 3.8) is 0 Å². The molecular formula is C19H21N9O3. The topological polar surface area (TPSA) is 142 Å². The summed E-state index contributed by atoms with van der Waals surface area (Å²) in [7, 11) is 0. The van der Waals surface area contributed by atoms with Crippen LogP contribution in [0.4, 0.5) is 11.8 Å². The Hall–Kier alpha value is -3.77. The fourth-order valence-electron chi connectivity index (χ4n) is 3.50. The Balaban J connectivity index is 1.38. The zero-order valence-electron chi connectivity index (χ0n) is 16.6. The number of aromatic nitrogens is 6. The van der Waals surface area contributed by atoms with Gasteiger partial charge in [-0.3, -0.25) is 9.69 Å². The van der Waals surface area contributed by atoms with Crippen LogP contribution in [0, 0.1) is 0 Å². The molecule has 3 N–H and O–H groups in total. The monoisotopic (exact) mass is 423 g/mol. The van der Waals surface area contributed by atoms with Gasteiger partial charge in [0.05, 0.1) is 25.1 Å². The lowest BCUT2D eigenvalue weighted by Gasteiger charge is -2.26.